The van der Waals surface area contributed by atoms with Crippen LogP contribution in [-0.2, 0) is 0 Å². The summed E-state index contributed by atoms with van der Waals surface area (Å²) >= 11 is 0. The Bertz CT molecular complexity index is 151. The topological polar surface area (TPSA) is 27.3 Å². The number of rotatable bonds is 12. The molecule has 0 saturated carbocycles. The molecule has 0 fully saturated rings. The number of unbranched alkanes of at least 4 members (excludes halogenated alkanes) is 2. The van der Waals surface area contributed by atoms with Crippen LogP contribution >= 0.6 is 0 Å². The largest absolute Gasteiger partial charge is 0.315 e. The van der Waals surface area contributed by atoms with Crippen molar-refractivity contribution in [2.45, 2.75) is 65.5 Å². The van der Waals surface area contributed by atoms with Crippen molar-refractivity contribution < 1.29 is 0 Å². The molecular weight excluding hydrogens is 222 g/mol. The van der Waals surface area contributed by atoms with Crippen LogP contribution in [0.3, 0.4) is 0 Å². The Hall–Kier alpha value is -0.120. The van der Waals surface area contributed by atoms with Crippen LogP contribution in [0.2, 0.25) is 0 Å². The van der Waals surface area contributed by atoms with E-state index in [4.69, 9.17) is 0 Å². The van der Waals surface area contributed by atoms with Gasteiger partial charge in [0.15, 0.2) is 0 Å². The lowest BCUT2D eigenvalue weighted by molar-refractivity contribution is 0.315. The molecule has 0 aliphatic heterocycles. The summed E-state index contributed by atoms with van der Waals surface area (Å²) in [6.07, 6.45) is 5.19. The third-order valence-corrected chi connectivity index (χ3v) is 3.04. The van der Waals surface area contributed by atoms with Crippen molar-refractivity contribution in [1.82, 2.24) is 15.5 Å². The molecule has 0 bridgehead atoms. The van der Waals surface area contributed by atoms with Crippen molar-refractivity contribution in [1.29, 1.82) is 0 Å². The van der Waals surface area contributed by atoms with Crippen molar-refractivity contribution >= 4 is 0 Å². The highest BCUT2D eigenvalue weighted by atomic mass is 15.1. The van der Waals surface area contributed by atoms with Gasteiger partial charge < -0.3 is 15.5 Å². The van der Waals surface area contributed by atoms with Crippen molar-refractivity contribution in [2.75, 3.05) is 33.2 Å². The quantitative estimate of drug-likeness (QED) is 0.526. The van der Waals surface area contributed by atoms with E-state index in [1.54, 1.807) is 0 Å². The van der Waals surface area contributed by atoms with Gasteiger partial charge in [0.1, 0.15) is 0 Å². The summed E-state index contributed by atoms with van der Waals surface area (Å²) in [5.74, 6) is 0. The van der Waals surface area contributed by atoms with Gasteiger partial charge in [-0.1, -0.05) is 27.7 Å². The average Bonchev–Trinajstić information content (AvgIpc) is 2.27. The summed E-state index contributed by atoms with van der Waals surface area (Å²) < 4.78 is 0. The molecular formula is C15H35N3. The summed E-state index contributed by atoms with van der Waals surface area (Å²) in [4.78, 5) is 2.46. The molecule has 0 aliphatic rings. The third-order valence-electron chi connectivity index (χ3n) is 3.04. The fourth-order valence-electron chi connectivity index (χ4n) is 1.91. The highest BCUT2D eigenvalue weighted by Gasteiger charge is 1.99. The van der Waals surface area contributed by atoms with Crippen LogP contribution < -0.4 is 10.6 Å². The Balaban J connectivity index is 3.19. The van der Waals surface area contributed by atoms with Gasteiger partial charge in [0.05, 0.1) is 0 Å². The molecule has 2 N–H and O–H groups in total. The molecule has 0 radical (unpaired) electrons. The van der Waals surface area contributed by atoms with E-state index in [9.17, 15) is 0 Å². The zero-order chi connectivity index (χ0) is 13.8. The molecule has 0 rings (SSSR count). The summed E-state index contributed by atoms with van der Waals surface area (Å²) in [5.41, 5.74) is 0. The summed E-state index contributed by atoms with van der Waals surface area (Å²) in [6, 6.07) is 1.24. The number of hydrogen-bond acceptors (Lipinski definition) is 3. The first-order valence-corrected chi connectivity index (χ1v) is 7.67. The van der Waals surface area contributed by atoms with Crippen molar-refractivity contribution in [3.8, 4) is 0 Å². The van der Waals surface area contributed by atoms with Crippen molar-refractivity contribution in [3.05, 3.63) is 0 Å². The highest BCUT2D eigenvalue weighted by Crippen LogP contribution is 1.96. The molecule has 0 saturated heterocycles. The predicted octanol–water partition coefficient (Wildman–Crippen LogP) is 2.47. The average molecular weight is 257 g/mol. The smallest absolute Gasteiger partial charge is 0.00103 e. The zero-order valence-corrected chi connectivity index (χ0v) is 13.3. The van der Waals surface area contributed by atoms with Crippen molar-refractivity contribution in [3.63, 3.8) is 0 Å². The van der Waals surface area contributed by atoms with Gasteiger partial charge in [-0.2, -0.15) is 0 Å². The standard InChI is InChI=1S/C15H35N3/c1-14(2)16-10-6-8-12-18(5)13-9-7-11-17-15(3)4/h14-17H,6-13H2,1-5H3. The minimum Gasteiger partial charge on any atom is -0.315 e. The summed E-state index contributed by atoms with van der Waals surface area (Å²) in [5, 5.41) is 6.93. The number of nitrogens with zero attached hydrogens (tertiary/aromatic N) is 1. The van der Waals surface area contributed by atoms with Crippen LogP contribution in [0.4, 0.5) is 0 Å². The third kappa shape index (κ3) is 13.9. The molecule has 0 aliphatic carbocycles. The normalized spacial score (nSPS) is 12.0. The van der Waals surface area contributed by atoms with E-state index >= 15 is 0 Å². The molecule has 0 aromatic heterocycles. The van der Waals surface area contributed by atoms with E-state index in [0.717, 1.165) is 13.1 Å². The summed E-state index contributed by atoms with van der Waals surface area (Å²) in [7, 11) is 2.24. The van der Waals surface area contributed by atoms with Crippen LogP contribution in [-0.4, -0.2) is 50.2 Å². The maximum Gasteiger partial charge on any atom is 0.00103 e. The monoisotopic (exact) mass is 257 g/mol. The molecule has 110 valence electrons. The molecule has 18 heavy (non-hydrogen) atoms. The fourth-order valence-corrected chi connectivity index (χ4v) is 1.91. The van der Waals surface area contributed by atoms with Crippen LogP contribution in [0.1, 0.15) is 53.4 Å². The van der Waals surface area contributed by atoms with Crippen LogP contribution in [0, 0.1) is 0 Å². The first kappa shape index (κ1) is 17.9. The van der Waals surface area contributed by atoms with Crippen LogP contribution in [0.5, 0.6) is 0 Å². The Kier molecular flexibility index (Phi) is 11.9. The molecule has 0 heterocycles. The van der Waals surface area contributed by atoms with Gasteiger partial charge in [-0.3, -0.25) is 0 Å². The number of nitrogens with one attached hydrogen (secondary N) is 2. The van der Waals surface area contributed by atoms with Crippen molar-refractivity contribution in [2.24, 2.45) is 0 Å². The molecule has 0 atom stereocenters. The lowest BCUT2D eigenvalue weighted by atomic mass is 10.2. The second-order valence-electron chi connectivity index (χ2n) is 5.94. The zero-order valence-electron chi connectivity index (χ0n) is 13.3. The molecule has 3 heteroatoms. The lowest BCUT2D eigenvalue weighted by Crippen LogP contribution is -2.27. The Morgan fingerprint density at radius 1 is 0.722 bits per heavy atom. The molecule has 0 amide bonds. The van der Waals surface area contributed by atoms with Gasteiger partial charge in [0.2, 0.25) is 0 Å². The molecule has 3 nitrogen and oxygen atoms in total. The van der Waals surface area contributed by atoms with Gasteiger partial charge in [0, 0.05) is 12.1 Å². The van der Waals surface area contributed by atoms with E-state index in [2.05, 4.69) is 50.3 Å². The second kappa shape index (κ2) is 11.9. The van der Waals surface area contributed by atoms with Gasteiger partial charge in [0.25, 0.3) is 0 Å². The van der Waals surface area contributed by atoms with E-state index in [1.807, 2.05) is 0 Å². The Morgan fingerprint density at radius 3 is 1.44 bits per heavy atom. The first-order valence-electron chi connectivity index (χ1n) is 7.67. The van der Waals surface area contributed by atoms with Crippen LogP contribution in [0.15, 0.2) is 0 Å². The maximum absolute atomic E-state index is 3.46. The predicted molar refractivity (Wildman–Crippen MR) is 82.2 cm³/mol. The summed E-state index contributed by atoms with van der Waals surface area (Å²) in [6.45, 7) is 13.6. The van der Waals surface area contributed by atoms with E-state index in [0.29, 0.717) is 12.1 Å². The fraction of sp³-hybridized carbons (Fsp3) is 1.00. The lowest BCUT2D eigenvalue weighted by Gasteiger charge is -2.17. The van der Waals surface area contributed by atoms with Gasteiger partial charge in [-0.05, 0) is 58.9 Å². The molecule has 0 unspecified atom stereocenters. The van der Waals surface area contributed by atoms with Gasteiger partial charge >= 0.3 is 0 Å². The SMILES string of the molecule is CC(C)NCCCCN(C)CCCCNC(C)C. The minimum absolute atomic E-state index is 0.621. The first-order chi connectivity index (χ1) is 8.52. The van der Waals surface area contributed by atoms with Gasteiger partial charge in [-0.15, -0.1) is 0 Å². The van der Waals surface area contributed by atoms with E-state index in [1.165, 1.54) is 38.8 Å². The molecule has 0 aromatic rings. The van der Waals surface area contributed by atoms with E-state index in [-0.39, 0.29) is 0 Å². The van der Waals surface area contributed by atoms with E-state index < -0.39 is 0 Å². The maximum atomic E-state index is 3.46. The van der Waals surface area contributed by atoms with Crippen LogP contribution in [0.25, 0.3) is 0 Å². The molecule has 0 spiro atoms. The minimum atomic E-state index is 0.621. The highest BCUT2D eigenvalue weighted by molar-refractivity contribution is 4.58. The van der Waals surface area contributed by atoms with Gasteiger partial charge in [-0.25, -0.2) is 0 Å². The number of hydrogen-bond donors (Lipinski definition) is 2. The Morgan fingerprint density at radius 2 is 1.11 bits per heavy atom. The Labute approximate surface area is 115 Å². The molecule has 0 aromatic carbocycles. The second-order valence-corrected chi connectivity index (χ2v) is 5.94.